The van der Waals surface area contributed by atoms with Crippen molar-refractivity contribution >= 4 is 10.1 Å². The van der Waals surface area contributed by atoms with Crippen molar-refractivity contribution in [1.82, 2.24) is 0 Å². The SMILES string of the molecule is CCCCCCCCCCCCC(CS(=O)(=O)O)C(CCO)CCO. The second kappa shape index (κ2) is 16.0. The minimum atomic E-state index is -4.03. The molecule has 3 N–H and O–H groups in total. The first-order chi connectivity index (χ1) is 11.9. The van der Waals surface area contributed by atoms with Crippen LogP contribution in [0.3, 0.4) is 0 Å². The highest BCUT2D eigenvalue weighted by Crippen LogP contribution is 2.27. The third-order valence-corrected chi connectivity index (χ3v) is 5.87. The van der Waals surface area contributed by atoms with Crippen LogP contribution in [-0.4, -0.2) is 42.2 Å². The summed E-state index contributed by atoms with van der Waals surface area (Å²) in [7, 11) is -4.03. The van der Waals surface area contributed by atoms with Gasteiger partial charge in [-0.25, -0.2) is 0 Å². The fraction of sp³-hybridized carbons (Fsp3) is 1.00. The van der Waals surface area contributed by atoms with E-state index in [4.69, 9.17) is 10.2 Å². The molecule has 0 aliphatic carbocycles. The second-order valence-electron chi connectivity index (χ2n) is 7.26. The molecule has 0 saturated carbocycles. The molecule has 0 heterocycles. The van der Waals surface area contributed by atoms with Crippen LogP contribution < -0.4 is 0 Å². The molecule has 0 fully saturated rings. The molecule has 1 unspecified atom stereocenters. The normalized spacial score (nSPS) is 13.5. The van der Waals surface area contributed by atoms with Gasteiger partial charge < -0.3 is 10.2 Å². The summed E-state index contributed by atoms with van der Waals surface area (Å²) in [6.07, 6.45) is 13.9. The van der Waals surface area contributed by atoms with E-state index in [1.54, 1.807) is 0 Å². The Bertz CT molecular complexity index is 377. The van der Waals surface area contributed by atoms with E-state index in [2.05, 4.69) is 6.92 Å². The van der Waals surface area contributed by atoms with Crippen molar-refractivity contribution in [3.05, 3.63) is 0 Å². The first-order valence-electron chi connectivity index (χ1n) is 10.1. The van der Waals surface area contributed by atoms with Crippen molar-refractivity contribution in [2.24, 2.45) is 11.8 Å². The highest BCUT2D eigenvalue weighted by atomic mass is 32.2. The van der Waals surface area contributed by atoms with E-state index < -0.39 is 10.1 Å². The predicted molar refractivity (Wildman–Crippen MR) is 103 cm³/mol. The summed E-state index contributed by atoms with van der Waals surface area (Å²) in [5.74, 6) is -0.520. The molecule has 0 rings (SSSR count). The average molecular weight is 381 g/mol. The van der Waals surface area contributed by atoms with Gasteiger partial charge >= 0.3 is 0 Å². The number of unbranched alkanes of at least 4 members (excludes halogenated alkanes) is 9. The van der Waals surface area contributed by atoms with Crippen molar-refractivity contribution < 1.29 is 23.2 Å². The smallest absolute Gasteiger partial charge is 0.265 e. The van der Waals surface area contributed by atoms with E-state index >= 15 is 0 Å². The largest absolute Gasteiger partial charge is 0.396 e. The zero-order valence-electron chi connectivity index (χ0n) is 16.0. The zero-order valence-corrected chi connectivity index (χ0v) is 16.9. The first kappa shape index (κ1) is 24.8. The highest BCUT2D eigenvalue weighted by molar-refractivity contribution is 7.85. The lowest BCUT2D eigenvalue weighted by Crippen LogP contribution is -2.25. The van der Waals surface area contributed by atoms with E-state index in [0.717, 1.165) is 25.7 Å². The van der Waals surface area contributed by atoms with Crippen LogP contribution in [0.4, 0.5) is 0 Å². The number of rotatable bonds is 18. The molecule has 0 aromatic carbocycles. The average Bonchev–Trinajstić information content (AvgIpc) is 2.54. The van der Waals surface area contributed by atoms with Crippen LogP contribution in [-0.2, 0) is 10.1 Å². The Morgan fingerprint density at radius 1 is 0.680 bits per heavy atom. The molecule has 0 amide bonds. The van der Waals surface area contributed by atoms with Crippen LogP contribution in [0, 0.1) is 11.8 Å². The molecular weight excluding hydrogens is 340 g/mol. The molecule has 6 heteroatoms. The quantitative estimate of drug-likeness (QED) is 0.245. The summed E-state index contributed by atoms with van der Waals surface area (Å²) < 4.78 is 31.7. The summed E-state index contributed by atoms with van der Waals surface area (Å²) >= 11 is 0. The predicted octanol–water partition coefficient (Wildman–Crippen LogP) is 4.18. The van der Waals surface area contributed by atoms with Crippen molar-refractivity contribution in [3.63, 3.8) is 0 Å². The monoisotopic (exact) mass is 380 g/mol. The van der Waals surface area contributed by atoms with Gasteiger partial charge in [0.25, 0.3) is 10.1 Å². The third kappa shape index (κ3) is 15.8. The Hall–Kier alpha value is -0.170. The minimum absolute atomic E-state index is 0.0231. The van der Waals surface area contributed by atoms with Gasteiger partial charge in [0.15, 0.2) is 0 Å². The van der Waals surface area contributed by atoms with E-state index in [0.29, 0.717) is 12.8 Å². The Balaban J connectivity index is 4.05. The minimum Gasteiger partial charge on any atom is -0.396 e. The molecule has 0 aromatic heterocycles. The van der Waals surface area contributed by atoms with Crippen molar-refractivity contribution in [1.29, 1.82) is 0 Å². The van der Waals surface area contributed by atoms with Gasteiger partial charge in [0.05, 0.1) is 5.75 Å². The molecular formula is C19H40O5S. The maximum Gasteiger partial charge on any atom is 0.265 e. The first-order valence-corrected chi connectivity index (χ1v) is 11.7. The molecule has 0 aliphatic rings. The molecule has 5 nitrogen and oxygen atoms in total. The summed E-state index contributed by atoms with van der Waals surface area (Å²) in [5, 5.41) is 18.3. The van der Waals surface area contributed by atoms with E-state index in [1.807, 2.05) is 0 Å². The van der Waals surface area contributed by atoms with Crippen LogP contribution in [0.25, 0.3) is 0 Å². The molecule has 25 heavy (non-hydrogen) atoms. The molecule has 152 valence electrons. The van der Waals surface area contributed by atoms with E-state index in [1.165, 1.54) is 44.9 Å². The van der Waals surface area contributed by atoms with E-state index in [-0.39, 0.29) is 30.8 Å². The summed E-state index contributed by atoms with van der Waals surface area (Å²) in [6, 6.07) is 0. The summed E-state index contributed by atoms with van der Waals surface area (Å²) in [5.41, 5.74) is 0. The molecule has 0 radical (unpaired) electrons. The second-order valence-corrected chi connectivity index (χ2v) is 8.76. The topological polar surface area (TPSA) is 94.8 Å². The van der Waals surface area contributed by atoms with Crippen molar-refractivity contribution in [3.8, 4) is 0 Å². The lowest BCUT2D eigenvalue weighted by molar-refractivity contribution is 0.176. The third-order valence-electron chi connectivity index (χ3n) is 5.02. The molecule has 0 aromatic rings. The maximum absolute atomic E-state index is 11.3. The molecule has 0 aliphatic heterocycles. The van der Waals surface area contributed by atoms with Gasteiger partial charge in [0.2, 0.25) is 0 Å². The number of aliphatic hydroxyl groups excluding tert-OH is 2. The Labute approximate surface area is 155 Å². The van der Waals surface area contributed by atoms with Crippen LogP contribution in [0.5, 0.6) is 0 Å². The zero-order chi connectivity index (χ0) is 19.0. The van der Waals surface area contributed by atoms with Gasteiger partial charge in [-0.2, -0.15) is 8.42 Å². The lowest BCUT2D eigenvalue weighted by atomic mass is 9.84. The summed E-state index contributed by atoms with van der Waals surface area (Å²) in [4.78, 5) is 0. The maximum atomic E-state index is 11.3. The molecule has 0 spiro atoms. The van der Waals surface area contributed by atoms with Gasteiger partial charge in [-0.1, -0.05) is 71.1 Å². The lowest BCUT2D eigenvalue weighted by Gasteiger charge is -2.25. The number of aliphatic hydroxyl groups is 2. The Morgan fingerprint density at radius 2 is 1.12 bits per heavy atom. The molecule has 0 bridgehead atoms. The van der Waals surface area contributed by atoms with Crippen LogP contribution in [0.15, 0.2) is 0 Å². The Kier molecular flexibility index (Phi) is 15.9. The standard InChI is InChI=1S/C19H40O5S/c1-2-3-4-5-6-7-8-9-10-11-12-19(17-25(22,23)24)18(13-15-20)14-16-21/h18-21H,2-17H2,1H3,(H,22,23,24). The van der Waals surface area contributed by atoms with Crippen LogP contribution in [0.1, 0.15) is 90.4 Å². The van der Waals surface area contributed by atoms with Crippen LogP contribution in [0.2, 0.25) is 0 Å². The van der Waals surface area contributed by atoms with Crippen molar-refractivity contribution in [2.45, 2.75) is 90.4 Å². The van der Waals surface area contributed by atoms with Gasteiger partial charge in [0, 0.05) is 13.2 Å². The highest BCUT2D eigenvalue weighted by Gasteiger charge is 2.25. The molecule has 1 atom stereocenters. The van der Waals surface area contributed by atoms with Gasteiger partial charge in [0.1, 0.15) is 0 Å². The van der Waals surface area contributed by atoms with E-state index in [9.17, 15) is 13.0 Å². The fourth-order valence-electron chi connectivity index (χ4n) is 3.57. The van der Waals surface area contributed by atoms with Gasteiger partial charge in [-0.15, -0.1) is 0 Å². The Morgan fingerprint density at radius 3 is 1.52 bits per heavy atom. The van der Waals surface area contributed by atoms with Gasteiger partial charge in [-0.3, -0.25) is 4.55 Å². The van der Waals surface area contributed by atoms with Crippen molar-refractivity contribution in [2.75, 3.05) is 19.0 Å². The number of hydrogen-bond acceptors (Lipinski definition) is 4. The molecule has 0 saturated heterocycles. The number of hydrogen-bond donors (Lipinski definition) is 3. The van der Waals surface area contributed by atoms with Gasteiger partial charge in [-0.05, 0) is 31.1 Å². The fourth-order valence-corrected chi connectivity index (χ4v) is 4.55. The summed E-state index contributed by atoms with van der Waals surface area (Å²) in [6.45, 7) is 2.18. The van der Waals surface area contributed by atoms with Crippen LogP contribution >= 0.6 is 0 Å².